The second kappa shape index (κ2) is 11.4. The second-order valence-electron chi connectivity index (χ2n) is 14.0. The Morgan fingerprint density at radius 2 is 0.982 bits per heavy atom. The summed E-state index contributed by atoms with van der Waals surface area (Å²) in [7, 11) is 0. The summed E-state index contributed by atoms with van der Waals surface area (Å²) in [5, 5.41) is 11.7. The third-order valence-corrected chi connectivity index (χ3v) is 12.3. The van der Waals surface area contributed by atoms with Gasteiger partial charge in [0.1, 0.15) is 0 Å². The molecule has 0 radical (unpaired) electrons. The molecular weight excluding hydrogens is 693 g/mol. The number of fused-ring (bicyclic) bond motifs is 15. The highest BCUT2D eigenvalue weighted by molar-refractivity contribution is 7.26. The Bertz CT molecular complexity index is 3620. The SMILES string of the molecule is O=c1c2ccccc2c2c(-c3ccccc3)nc(-n3c4c(ccc5c6ccccc6sc54)c4c5ccccc5c5ccccc5c43)nc2n1-c1ccccc1. The molecule has 0 amide bonds. The Hall–Kier alpha value is -7.15. The van der Waals surface area contributed by atoms with Gasteiger partial charge in [-0.15, -0.1) is 11.3 Å². The molecule has 0 aliphatic heterocycles. The highest BCUT2D eigenvalue weighted by Gasteiger charge is 2.26. The van der Waals surface area contributed by atoms with Crippen molar-refractivity contribution in [3.8, 4) is 22.9 Å². The summed E-state index contributed by atoms with van der Waals surface area (Å²) in [5.41, 5.74) is 5.00. The zero-order valence-corrected chi connectivity index (χ0v) is 30.1. The molecule has 0 fully saturated rings. The average Bonchev–Trinajstić information content (AvgIpc) is 3.81. The normalized spacial score (nSPS) is 12.1. The lowest BCUT2D eigenvalue weighted by molar-refractivity contribution is 0.970. The van der Waals surface area contributed by atoms with Gasteiger partial charge in [0.05, 0.1) is 32.5 Å². The molecule has 0 saturated carbocycles. The molecule has 4 aromatic heterocycles. The summed E-state index contributed by atoms with van der Waals surface area (Å²) in [6.45, 7) is 0. The van der Waals surface area contributed by atoms with Crippen molar-refractivity contribution in [1.82, 2.24) is 19.1 Å². The van der Waals surface area contributed by atoms with Crippen LogP contribution in [0, 0.1) is 0 Å². The van der Waals surface area contributed by atoms with E-state index in [1.165, 1.54) is 36.3 Å². The molecule has 0 spiro atoms. The third kappa shape index (κ3) is 4.20. The van der Waals surface area contributed by atoms with E-state index in [4.69, 9.17) is 9.97 Å². The van der Waals surface area contributed by atoms with Crippen molar-refractivity contribution < 1.29 is 0 Å². The Balaban J connectivity index is 1.38. The van der Waals surface area contributed by atoms with E-state index in [-0.39, 0.29) is 5.56 Å². The highest BCUT2D eigenvalue weighted by Crippen LogP contribution is 2.47. The molecule has 0 atom stereocenters. The van der Waals surface area contributed by atoms with E-state index in [2.05, 4.69) is 102 Å². The summed E-state index contributed by atoms with van der Waals surface area (Å²) in [5.74, 6) is 0.510. The van der Waals surface area contributed by atoms with Gasteiger partial charge in [-0.3, -0.25) is 13.9 Å². The van der Waals surface area contributed by atoms with Gasteiger partial charge in [0, 0.05) is 48.0 Å². The quantitative estimate of drug-likeness (QED) is 0.171. The number of nitrogens with zero attached hydrogens (tertiary/aromatic N) is 4. The number of para-hydroxylation sites is 1. The first-order valence-corrected chi connectivity index (χ1v) is 19.2. The lowest BCUT2D eigenvalue weighted by atomic mass is 9.96. The first kappa shape index (κ1) is 30.3. The molecule has 5 nitrogen and oxygen atoms in total. The van der Waals surface area contributed by atoms with Crippen LogP contribution in [0.25, 0.3) is 108 Å². The molecule has 6 heteroatoms. The number of rotatable bonds is 3. The van der Waals surface area contributed by atoms with E-state index in [1.807, 2.05) is 72.8 Å². The highest BCUT2D eigenvalue weighted by atomic mass is 32.1. The fourth-order valence-corrected chi connectivity index (χ4v) is 10.1. The summed E-state index contributed by atoms with van der Waals surface area (Å²) in [6, 6.07) is 58.5. The maximum absolute atomic E-state index is 14.7. The van der Waals surface area contributed by atoms with Gasteiger partial charge < -0.3 is 0 Å². The van der Waals surface area contributed by atoms with Gasteiger partial charge in [-0.25, -0.2) is 4.98 Å². The zero-order valence-electron chi connectivity index (χ0n) is 29.3. The zero-order chi connectivity index (χ0) is 36.2. The van der Waals surface area contributed by atoms with Gasteiger partial charge in [0.2, 0.25) is 5.95 Å². The van der Waals surface area contributed by atoms with Crippen LogP contribution in [0.1, 0.15) is 0 Å². The Morgan fingerprint density at radius 3 is 1.73 bits per heavy atom. The molecule has 55 heavy (non-hydrogen) atoms. The molecular formula is C49H28N4OS. The molecule has 0 bridgehead atoms. The fraction of sp³-hybridized carbons (Fsp3) is 0. The maximum atomic E-state index is 14.7. The molecule has 0 N–H and O–H groups in total. The van der Waals surface area contributed by atoms with Crippen LogP contribution in [0.4, 0.5) is 0 Å². The van der Waals surface area contributed by atoms with Gasteiger partial charge in [0.25, 0.3) is 5.56 Å². The third-order valence-electron chi connectivity index (χ3n) is 11.1. The molecule has 0 aliphatic rings. The van der Waals surface area contributed by atoms with Crippen LogP contribution >= 0.6 is 11.3 Å². The largest absolute Gasteiger partial charge is 0.276 e. The summed E-state index contributed by atoms with van der Waals surface area (Å²) in [4.78, 5) is 25.9. The predicted molar refractivity (Wildman–Crippen MR) is 230 cm³/mol. The van der Waals surface area contributed by atoms with Crippen molar-refractivity contribution in [3.63, 3.8) is 0 Å². The molecule has 12 aromatic rings. The Labute approximate surface area is 317 Å². The van der Waals surface area contributed by atoms with Crippen LogP contribution < -0.4 is 5.56 Å². The molecule has 12 rings (SSSR count). The van der Waals surface area contributed by atoms with E-state index in [0.717, 1.165) is 54.9 Å². The molecule has 0 unspecified atom stereocenters. The molecule has 8 aromatic carbocycles. The Kier molecular flexibility index (Phi) is 6.30. The average molecular weight is 721 g/mol. The number of pyridine rings is 1. The van der Waals surface area contributed by atoms with E-state index in [9.17, 15) is 4.79 Å². The minimum Gasteiger partial charge on any atom is -0.276 e. The Morgan fingerprint density at radius 1 is 0.418 bits per heavy atom. The lowest BCUT2D eigenvalue weighted by Gasteiger charge is -2.18. The maximum Gasteiger partial charge on any atom is 0.264 e. The first-order chi connectivity index (χ1) is 27.2. The fourth-order valence-electron chi connectivity index (χ4n) is 8.81. The van der Waals surface area contributed by atoms with E-state index in [0.29, 0.717) is 17.0 Å². The minimum absolute atomic E-state index is 0.122. The van der Waals surface area contributed by atoms with Crippen LogP contribution in [0.5, 0.6) is 0 Å². The number of hydrogen-bond acceptors (Lipinski definition) is 4. The first-order valence-electron chi connectivity index (χ1n) is 18.4. The van der Waals surface area contributed by atoms with Crippen LogP contribution in [0.2, 0.25) is 0 Å². The van der Waals surface area contributed by atoms with Gasteiger partial charge >= 0.3 is 0 Å². The standard InChI is InChI=1S/C49H28N4OS/c54-48-38-25-12-10-23-35(38)42-43(29-15-3-1-4-16-29)50-49(51-47(42)52(48)30-17-5-2-6-18-30)53-44-36-24-11-8-20-32(36)31-19-7-9-22-34(31)41(44)39-28-27-37-33-21-13-14-26-40(33)55-46(37)45(39)53/h1-28H. The van der Waals surface area contributed by atoms with Crippen LogP contribution in [0.3, 0.4) is 0 Å². The van der Waals surface area contributed by atoms with E-state index in [1.54, 1.807) is 15.9 Å². The number of hydrogen-bond donors (Lipinski definition) is 0. The molecule has 256 valence electrons. The van der Waals surface area contributed by atoms with Gasteiger partial charge in [-0.2, -0.15) is 4.98 Å². The number of thiophene rings is 1. The predicted octanol–water partition coefficient (Wildman–Crippen LogP) is 12.4. The van der Waals surface area contributed by atoms with Crippen molar-refractivity contribution in [2.45, 2.75) is 0 Å². The van der Waals surface area contributed by atoms with Gasteiger partial charge in [-0.1, -0.05) is 146 Å². The summed E-state index contributed by atoms with van der Waals surface area (Å²) < 4.78 is 6.46. The lowest BCUT2D eigenvalue weighted by Crippen LogP contribution is -2.21. The summed E-state index contributed by atoms with van der Waals surface area (Å²) >= 11 is 1.80. The van der Waals surface area contributed by atoms with Gasteiger partial charge in [0.15, 0.2) is 5.65 Å². The summed E-state index contributed by atoms with van der Waals surface area (Å²) in [6.07, 6.45) is 0. The van der Waals surface area contributed by atoms with Crippen LogP contribution in [0.15, 0.2) is 175 Å². The van der Waals surface area contributed by atoms with Gasteiger partial charge in [-0.05, 0) is 40.4 Å². The van der Waals surface area contributed by atoms with Crippen molar-refractivity contribution in [2.24, 2.45) is 0 Å². The van der Waals surface area contributed by atoms with E-state index < -0.39 is 0 Å². The monoisotopic (exact) mass is 720 g/mol. The second-order valence-corrected chi connectivity index (χ2v) is 15.1. The smallest absolute Gasteiger partial charge is 0.264 e. The van der Waals surface area contributed by atoms with E-state index >= 15 is 0 Å². The molecule has 0 aliphatic carbocycles. The van der Waals surface area contributed by atoms with Crippen molar-refractivity contribution in [3.05, 3.63) is 180 Å². The van der Waals surface area contributed by atoms with Crippen molar-refractivity contribution in [2.75, 3.05) is 0 Å². The van der Waals surface area contributed by atoms with Crippen molar-refractivity contribution >= 4 is 96.7 Å². The topological polar surface area (TPSA) is 52.7 Å². The van der Waals surface area contributed by atoms with Crippen LogP contribution in [-0.2, 0) is 0 Å². The number of aromatic nitrogens is 4. The molecule has 0 saturated heterocycles. The van der Waals surface area contributed by atoms with Crippen LogP contribution in [-0.4, -0.2) is 19.1 Å². The minimum atomic E-state index is -0.122. The molecule has 4 heterocycles. The number of benzene rings is 8. The van der Waals surface area contributed by atoms with Crippen molar-refractivity contribution in [1.29, 1.82) is 0 Å².